The van der Waals surface area contributed by atoms with Crippen LogP contribution in [0, 0.1) is 0 Å². The summed E-state index contributed by atoms with van der Waals surface area (Å²) in [5.74, 6) is 0.0528. The number of halogens is 1. The van der Waals surface area contributed by atoms with Crippen LogP contribution in [0.3, 0.4) is 0 Å². The zero-order valence-corrected chi connectivity index (χ0v) is 8.75. The number of carbonyl (C=O) groups excluding carboxylic acids is 1. The van der Waals surface area contributed by atoms with E-state index in [-0.39, 0.29) is 0 Å². The zero-order valence-electron chi connectivity index (χ0n) is 7.99. The summed E-state index contributed by atoms with van der Waals surface area (Å²) in [5.41, 5.74) is 0. The number of esters is 1. The van der Waals surface area contributed by atoms with Crippen LogP contribution in [-0.4, -0.2) is 19.2 Å². The molecule has 0 saturated carbocycles. The van der Waals surface area contributed by atoms with Gasteiger partial charge >= 0.3 is 5.97 Å². The predicted molar refractivity (Wildman–Crippen MR) is 53.6 cm³/mol. The molecule has 0 N–H and O–H groups in total. The highest BCUT2D eigenvalue weighted by Gasteiger charge is 2.15. The van der Waals surface area contributed by atoms with Gasteiger partial charge in [0.2, 0.25) is 0 Å². The van der Waals surface area contributed by atoms with Crippen LogP contribution in [-0.2, 0) is 9.53 Å². The molecule has 76 valence electrons. The maximum absolute atomic E-state index is 11.0. The smallest absolute Gasteiger partial charge is 0.346 e. The largest absolute Gasteiger partial charge is 0.477 e. The molecule has 0 aliphatic heterocycles. The van der Waals surface area contributed by atoms with Crippen molar-refractivity contribution in [3.05, 3.63) is 29.3 Å². The predicted octanol–water partition coefficient (Wildman–Crippen LogP) is 2.28. The number of methoxy groups -OCH3 is 1. The van der Waals surface area contributed by atoms with Gasteiger partial charge in [-0.15, -0.1) is 0 Å². The molecule has 0 radical (unpaired) electrons. The van der Waals surface area contributed by atoms with Crippen molar-refractivity contribution in [2.75, 3.05) is 7.11 Å². The van der Waals surface area contributed by atoms with E-state index in [2.05, 4.69) is 4.74 Å². The van der Waals surface area contributed by atoms with Crippen molar-refractivity contribution in [2.24, 2.45) is 0 Å². The van der Waals surface area contributed by atoms with Gasteiger partial charge in [0.1, 0.15) is 5.75 Å². The Morgan fingerprint density at radius 2 is 2.07 bits per heavy atom. The SMILES string of the molecule is COC(=O)[C@@H](C)Oc1ccccc1Cl. The Kier molecular flexibility index (Phi) is 3.77. The second-order valence-corrected chi connectivity index (χ2v) is 3.12. The lowest BCUT2D eigenvalue weighted by Crippen LogP contribution is -2.24. The van der Waals surface area contributed by atoms with Gasteiger partial charge in [-0.1, -0.05) is 23.7 Å². The highest BCUT2D eigenvalue weighted by molar-refractivity contribution is 6.32. The van der Waals surface area contributed by atoms with Gasteiger partial charge in [0.05, 0.1) is 12.1 Å². The third-order valence-corrected chi connectivity index (χ3v) is 1.99. The Morgan fingerprint density at radius 3 is 2.64 bits per heavy atom. The molecule has 14 heavy (non-hydrogen) atoms. The Balaban J connectivity index is 2.69. The van der Waals surface area contributed by atoms with Crippen molar-refractivity contribution in [1.29, 1.82) is 0 Å². The minimum absolute atomic E-state index is 0.426. The molecule has 0 spiro atoms. The minimum Gasteiger partial charge on any atom is -0.477 e. The Hall–Kier alpha value is -1.22. The number of rotatable bonds is 3. The van der Waals surface area contributed by atoms with Gasteiger partial charge in [-0.3, -0.25) is 0 Å². The zero-order chi connectivity index (χ0) is 10.6. The van der Waals surface area contributed by atoms with Crippen molar-refractivity contribution in [3.63, 3.8) is 0 Å². The molecule has 0 aromatic heterocycles. The van der Waals surface area contributed by atoms with Gasteiger partial charge in [0.15, 0.2) is 6.10 Å². The monoisotopic (exact) mass is 214 g/mol. The molecule has 0 unspecified atom stereocenters. The molecule has 1 atom stereocenters. The maximum Gasteiger partial charge on any atom is 0.346 e. The second-order valence-electron chi connectivity index (χ2n) is 2.71. The molecule has 4 heteroatoms. The normalized spacial score (nSPS) is 11.9. The van der Waals surface area contributed by atoms with Crippen LogP contribution in [0.5, 0.6) is 5.75 Å². The summed E-state index contributed by atoms with van der Waals surface area (Å²) in [7, 11) is 1.31. The highest BCUT2D eigenvalue weighted by Crippen LogP contribution is 2.24. The van der Waals surface area contributed by atoms with E-state index in [9.17, 15) is 4.79 Å². The maximum atomic E-state index is 11.0. The average molecular weight is 215 g/mol. The lowest BCUT2D eigenvalue weighted by Gasteiger charge is -2.12. The lowest BCUT2D eigenvalue weighted by atomic mass is 10.3. The molecular formula is C10H11ClO3. The van der Waals surface area contributed by atoms with E-state index in [1.54, 1.807) is 31.2 Å². The number of ether oxygens (including phenoxy) is 2. The molecular weight excluding hydrogens is 204 g/mol. The standard InChI is InChI=1S/C10H11ClO3/c1-7(10(12)13-2)14-9-6-4-3-5-8(9)11/h3-7H,1-2H3/t7-/m1/s1. The number of hydrogen-bond donors (Lipinski definition) is 0. The third-order valence-electron chi connectivity index (χ3n) is 1.67. The Bertz CT molecular complexity index is 325. The van der Waals surface area contributed by atoms with Crippen LogP contribution in [0.25, 0.3) is 0 Å². The van der Waals surface area contributed by atoms with E-state index >= 15 is 0 Å². The number of hydrogen-bond acceptors (Lipinski definition) is 3. The van der Waals surface area contributed by atoms with Crippen molar-refractivity contribution >= 4 is 17.6 Å². The van der Waals surface area contributed by atoms with Crippen LogP contribution in [0.4, 0.5) is 0 Å². The molecule has 0 aliphatic rings. The van der Waals surface area contributed by atoms with Gasteiger partial charge in [0.25, 0.3) is 0 Å². The van der Waals surface area contributed by atoms with Crippen LogP contribution in [0.15, 0.2) is 24.3 Å². The van der Waals surface area contributed by atoms with Crippen molar-refractivity contribution in [3.8, 4) is 5.75 Å². The molecule has 0 heterocycles. The lowest BCUT2D eigenvalue weighted by molar-refractivity contribution is -0.147. The van der Waals surface area contributed by atoms with Crippen LogP contribution < -0.4 is 4.74 Å². The van der Waals surface area contributed by atoms with Gasteiger partial charge in [-0.2, -0.15) is 0 Å². The summed E-state index contributed by atoms with van der Waals surface area (Å²) >= 11 is 5.84. The van der Waals surface area contributed by atoms with Gasteiger partial charge in [-0.25, -0.2) is 4.79 Å². The molecule has 0 fully saturated rings. The van der Waals surface area contributed by atoms with Crippen molar-refractivity contribution < 1.29 is 14.3 Å². The van der Waals surface area contributed by atoms with E-state index in [1.807, 2.05) is 0 Å². The van der Waals surface area contributed by atoms with E-state index in [1.165, 1.54) is 7.11 Å². The highest BCUT2D eigenvalue weighted by atomic mass is 35.5. The van der Waals surface area contributed by atoms with E-state index in [4.69, 9.17) is 16.3 Å². The van der Waals surface area contributed by atoms with Crippen LogP contribution in [0.1, 0.15) is 6.92 Å². The number of benzene rings is 1. The molecule has 1 aromatic carbocycles. The molecule has 1 rings (SSSR count). The van der Waals surface area contributed by atoms with Crippen molar-refractivity contribution in [2.45, 2.75) is 13.0 Å². The first-order chi connectivity index (χ1) is 6.65. The van der Waals surface area contributed by atoms with Crippen LogP contribution >= 0.6 is 11.6 Å². The minimum atomic E-state index is -0.653. The summed E-state index contributed by atoms with van der Waals surface area (Å²) in [6.45, 7) is 1.61. The first-order valence-electron chi connectivity index (χ1n) is 4.14. The average Bonchev–Trinajstić information content (AvgIpc) is 2.20. The first-order valence-corrected chi connectivity index (χ1v) is 4.52. The molecule has 0 amide bonds. The van der Waals surface area contributed by atoms with Crippen LogP contribution in [0.2, 0.25) is 5.02 Å². The summed E-state index contributed by atoms with van der Waals surface area (Å²) < 4.78 is 9.81. The Morgan fingerprint density at radius 1 is 1.43 bits per heavy atom. The fourth-order valence-electron chi connectivity index (χ4n) is 0.945. The quantitative estimate of drug-likeness (QED) is 0.725. The molecule has 0 aliphatic carbocycles. The number of para-hydroxylation sites is 1. The third kappa shape index (κ3) is 2.64. The second kappa shape index (κ2) is 4.86. The number of carbonyl (C=O) groups is 1. The van der Waals surface area contributed by atoms with Crippen molar-refractivity contribution in [1.82, 2.24) is 0 Å². The Labute approximate surface area is 87.6 Å². The molecule has 3 nitrogen and oxygen atoms in total. The summed E-state index contributed by atoms with van der Waals surface area (Å²) in [5, 5.41) is 0.475. The summed E-state index contributed by atoms with van der Waals surface area (Å²) in [6, 6.07) is 6.96. The fourth-order valence-corrected chi connectivity index (χ4v) is 1.13. The van der Waals surface area contributed by atoms with Gasteiger partial charge < -0.3 is 9.47 Å². The molecule has 0 bridgehead atoms. The van der Waals surface area contributed by atoms with E-state index < -0.39 is 12.1 Å². The summed E-state index contributed by atoms with van der Waals surface area (Å²) in [4.78, 5) is 11.0. The van der Waals surface area contributed by atoms with E-state index in [0.717, 1.165) is 0 Å². The first kappa shape index (κ1) is 10.9. The molecule has 0 saturated heterocycles. The van der Waals surface area contributed by atoms with Gasteiger partial charge in [-0.05, 0) is 19.1 Å². The topological polar surface area (TPSA) is 35.5 Å². The van der Waals surface area contributed by atoms with Gasteiger partial charge in [0, 0.05) is 0 Å². The fraction of sp³-hybridized carbons (Fsp3) is 0.300. The molecule has 1 aromatic rings. The van der Waals surface area contributed by atoms with E-state index in [0.29, 0.717) is 10.8 Å². The summed E-state index contributed by atoms with van der Waals surface area (Å²) in [6.07, 6.45) is -0.653.